The fourth-order valence-electron chi connectivity index (χ4n) is 1.64. The van der Waals surface area contributed by atoms with E-state index in [1.165, 1.54) is 22.9 Å². The largest absolute Gasteiger partial charge is 0.465 e. The van der Waals surface area contributed by atoms with Crippen LogP contribution in [0.5, 0.6) is 0 Å². The van der Waals surface area contributed by atoms with Crippen molar-refractivity contribution in [2.24, 2.45) is 0 Å². The highest BCUT2D eigenvalue weighted by Crippen LogP contribution is 2.29. The molecular formula is C11H10ClN5O4. The Balaban J connectivity index is 2.35. The number of nitro groups is 1. The van der Waals surface area contributed by atoms with Crippen molar-refractivity contribution in [1.29, 1.82) is 0 Å². The van der Waals surface area contributed by atoms with Gasteiger partial charge in [0.1, 0.15) is 11.6 Å². The fourth-order valence-corrected chi connectivity index (χ4v) is 1.83. The lowest BCUT2D eigenvalue weighted by atomic mass is 10.2. The summed E-state index contributed by atoms with van der Waals surface area (Å²) in [5.74, 6) is -0.294. The second-order valence-electron chi connectivity index (χ2n) is 3.89. The quantitative estimate of drug-likeness (QED) is 0.466. The second-order valence-corrected chi connectivity index (χ2v) is 4.30. The predicted molar refractivity (Wildman–Crippen MR) is 71.6 cm³/mol. The molecular weight excluding hydrogens is 302 g/mol. The van der Waals surface area contributed by atoms with Gasteiger partial charge in [-0.1, -0.05) is 11.6 Å². The van der Waals surface area contributed by atoms with Crippen LogP contribution in [0, 0.1) is 10.1 Å². The van der Waals surface area contributed by atoms with Gasteiger partial charge < -0.3 is 4.74 Å². The van der Waals surface area contributed by atoms with E-state index in [1.807, 2.05) is 0 Å². The highest BCUT2D eigenvalue weighted by atomic mass is 35.5. The third-order valence-corrected chi connectivity index (χ3v) is 2.84. The van der Waals surface area contributed by atoms with Crippen LogP contribution in [-0.2, 0) is 16.1 Å². The number of rotatable bonds is 5. The lowest BCUT2D eigenvalue weighted by molar-refractivity contribution is -0.384. The van der Waals surface area contributed by atoms with E-state index in [0.29, 0.717) is 5.56 Å². The molecule has 0 saturated carbocycles. The number of tetrazole rings is 1. The molecule has 21 heavy (non-hydrogen) atoms. The molecule has 110 valence electrons. The molecule has 0 unspecified atom stereocenters. The number of ether oxygens (including phenoxy) is 1. The van der Waals surface area contributed by atoms with Gasteiger partial charge in [0.15, 0.2) is 5.82 Å². The van der Waals surface area contributed by atoms with Crippen LogP contribution in [0.1, 0.15) is 6.92 Å². The Morgan fingerprint density at radius 3 is 2.95 bits per heavy atom. The number of aromatic nitrogens is 4. The first-order valence-corrected chi connectivity index (χ1v) is 6.26. The molecule has 2 rings (SSSR count). The van der Waals surface area contributed by atoms with E-state index in [4.69, 9.17) is 16.3 Å². The Hall–Kier alpha value is -2.55. The standard InChI is InChI=1S/C11H10ClN5O4/c1-2-21-10(18)6-16-11(13-14-15-16)7-3-4-8(12)9(5-7)17(19)20/h3-5H,2,6H2,1H3. The molecule has 1 heterocycles. The number of nitrogens with zero attached hydrogens (tertiary/aromatic N) is 5. The minimum Gasteiger partial charge on any atom is -0.465 e. The van der Waals surface area contributed by atoms with Crippen LogP contribution in [0.4, 0.5) is 5.69 Å². The number of esters is 1. The molecule has 0 spiro atoms. The molecule has 0 fully saturated rings. The van der Waals surface area contributed by atoms with Gasteiger partial charge in [0.2, 0.25) is 0 Å². The number of carbonyl (C=O) groups is 1. The summed E-state index contributed by atoms with van der Waals surface area (Å²) in [5, 5.41) is 21.8. The summed E-state index contributed by atoms with van der Waals surface area (Å²) < 4.78 is 6.00. The van der Waals surface area contributed by atoms with E-state index in [0.717, 1.165) is 0 Å². The van der Waals surface area contributed by atoms with Gasteiger partial charge in [0.25, 0.3) is 5.69 Å². The topological polar surface area (TPSA) is 113 Å². The Labute approximate surface area is 123 Å². The van der Waals surface area contributed by atoms with E-state index >= 15 is 0 Å². The molecule has 0 N–H and O–H groups in total. The minimum absolute atomic E-state index is 0.00756. The van der Waals surface area contributed by atoms with Crippen LogP contribution >= 0.6 is 11.6 Å². The Morgan fingerprint density at radius 1 is 1.52 bits per heavy atom. The lowest BCUT2D eigenvalue weighted by Crippen LogP contribution is -2.15. The van der Waals surface area contributed by atoms with Crippen molar-refractivity contribution in [2.45, 2.75) is 13.5 Å². The highest BCUT2D eigenvalue weighted by molar-refractivity contribution is 6.32. The average Bonchev–Trinajstić information content (AvgIpc) is 2.87. The molecule has 0 aliphatic heterocycles. The summed E-state index contributed by atoms with van der Waals surface area (Å²) in [5.41, 5.74) is 0.111. The zero-order valence-corrected chi connectivity index (χ0v) is 11.6. The molecule has 9 nitrogen and oxygen atoms in total. The van der Waals surface area contributed by atoms with E-state index < -0.39 is 10.9 Å². The Bertz CT molecular complexity index is 687. The zero-order valence-electron chi connectivity index (χ0n) is 10.9. The van der Waals surface area contributed by atoms with Gasteiger partial charge in [-0.3, -0.25) is 14.9 Å². The van der Waals surface area contributed by atoms with Crippen molar-refractivity contribution < 1.29 is 14.5 Å². The summed E-state index contributed by atoms with van der Waals surface area (Å²) in [6, 6.07) is 4.15. The van der Waals surface area contributed by atoms with Gasteiger partial charge in [0.05, 0.1) is 11.5 Å². The SMILES string of the molecule is CCOC(=O)Cn1nnnc1-c1ccc(Cl)c([N+](=O)[O-])c1. The fraction of sp³-hybridized carbons (Fsp3) is 0.273. The van der Waals surface area contributed by atoms with E-state index in [1.54, 1.807) is 6.92 Å². The average molecular weight is 312 g/mol. The lowest BCUT2D eigenvalue weighted by Gasteiger charge is -2.05. The van der Waals surface area contributed by atoms with Crippen molar-refractivity contribution in [3.8, 4) is 11.4 Å². The summed E-state index contributed by atoms with van der Waals surface area (Å²) in [7, 11) is 0. The first-order valence-electron chi connectivity index (χ1n) is 5.89. The Kier molecular flexibility index (Phi) is 4.43. The molecule has 2 aromatic rings. The molecule has 0 radical (unpaired) electrons. The van der Waals surface area contributed by atoms with Crippen LogP contribution < -0.4 is 0 Å². The van der Waals surface area contributed by atoms with Gasteiger partial charge in [-0.25, -0.2) is 4.68 Å². The number of benzene rings is 1. The number of carbonyl (C=O) groups excluding carboxylic acids is 1. The van der Waals surface area contributed by atoms with Crippen LogP contribution in [0.2, 0.25) is 5.02 Å². The third-order valence-electron chi connectivity index (χ3n) is 2.52. The number of hydrogen-bond acceptors (Lipinski definition) is 7. The van der Waals surface area contributed by atoms with Gasteiger partial charge in [0, 0.05) is 11.6 Å². The molecule has 0 atom stereocenters. The highest BCUT2D eigenvalue weighted by Gasteiger charge is 2.18. The second kappa shape index (κ2) is 6.27. The van der Waals surface area contributed by atoms with Crippen molar-refractivity contribution in [3.05, 3.63) is 33.3 Å². The maximum Gasteiger partial charge on any atom is 0.327 e. The first kappa shape index (κ1) is 14.9. The normalized spacial score (nSPS) is 10.4. The van der Waals surface area contributed by atoms with Crippen LogP contribution in [0.3, 0.4) is 0 Å². The maximum absolute atomic E-state index is 11.5. The molecule has 0 saturated heterocycles. The van der Waals surface area contributed by atoms with Crippen LogP contribution in [0.25, 0.3) is 11.4 Å². The predicted octanol–water partition coefficient (Wildman–Crippen LogP) is 1.46. The van der Waals surface area contributed by atoms with E-state index in [9.17, 15) is 14.9 Å². The molecule has 1 aromatic carbocycles. The van der Waals surface area contributed by atoms with Crippen molar-refractivity contribution in [1.82, 2.24) is 20.2 Å². The van der Waals surface area contributed by atoms with Crippen molar-refractivity contribution in [3.63, 3.8) is 0 Å². The number of hydrogen-bond donors (Lipinski definition) is 0. The van der Waals surface area contributed by atoms with Gasteiger partial charge in [-0.2, -0.15) is 0 Å². The summed E-state index contributed by atoms with van der Waals surface area (Å²) in [6.45, 7) is 1.73. The molecule has 0 amide bonds. The maximum atomic E-state index is 11.5. The molecule has 10 heteroatoms. The molecule has 0 bridgehead atoms. The van der Waals surface area contributed by atoms with Gasteiger partial charge in [-0.15, -0.1) is 5.10 Å². The summed E-state index contributed by atoms with van der Waals surface area (Å²) in [6.07, 6.45) is 0. The number of halogens is 1. The summed E-state index contributed by atoms with van der Waals surface area (Å²) in [4.78, 5) is 21.7. The minimum atomic E-state index is -0.606. The molecule has 0 aliphatic rings. The van der Waals surface area contributed by atoms with Gasteiger partial charge in [-0.05, 0) is 29.5 Å². The smallest absolute Gasteiger partial charge is 0.327 e. The third kappa shape index (κ3) is 3.31. The first-order chi connectivity index (χ1) is 10.0. The van der Waals surface area contributed by atoms with E-state index in [2.05, 4.69) is 15.5 Å². The molecule has 1 aromatic heterocycles. The Morgan fingerprint density at radius 2 is 2.29 bits per heavy atom. The monoisotopic (exact) mass is 311 g/mol. The zero-order chi connectivity index (χ0) is 15.4. The van der Waals surface area contributed by atoms with Crippen LogP contribution in [-0.4, -0.2) is 37.7 Å². The van der Waals surface area contributed by atoms with Crippen LogP contribution in [0.15, 0.2) is 18.2 Å². The molecule has 0 aliphatic carbocycles. The van der Waals surface area contributed by atoms with Crippen molar-refractivity contribution in [2.75, 3.05) is 6.61 Å². The number of nitro benzene ring substituents is 1. The van der Waals surface area contributed by atoms with Crippen molar-refractivity contribution >= 4 is 23.3 Å². The van der Waals surface area contributed by atoms with E-state index in [-0.39, 0.29) is 29.7 Å². The van der Waals surface area contributed by atoms with Gasteiger partial charge >= 0.3 is 5.97 Å². The summed E-state index contributed by atoms with van der Waals surface area (Å²) >= 11 is 5.74.